The van der Waals surface area contributed by atoms with Crippen LogP contribution in [0.2, 0.25) is 0 Å². The van der Waals surface area contributed by atoms with Crippen LogP contribution in [0.1, 0.15) is 10.4 Å². The van der Waals surface area contributed by atoms with Crippen molar-refractivity contribution >= 4 is 17.3 Å². The predicted octanol–water partition coefficient (Wildman–Crippen LogP) is 2.06. The molecule has 0 aliphatic rings. The highest BCUT2D eigenvalue weighted by atomic mass is 19.1. The average molecular weight is 231 g/mol. The highest BCUT2D eigenvalue weighted by molar-refractivity contribution is 6.04. The maximum Gasteiger partial charge on any atom is 0.255 e. The molecule has 0 radical (unpaired) electrons. The van der Waals surface area contributed by atoms with E-state index in [4.69, 9.17) is 5.73 Å². The van der Waals surface area contributed by atoms with Gasteiger partial charge in [0, 0.05) is 29.3 Å². The first-order valence-electron chi connectivity index (χ1n) is 4.92. The summed E-state index contributed by atoms with van der Waals surface area (Å²) < 4.78 is 13.1. The topological polar surface area (TPSA) is 68.0 Å². The molecule has 2 rings (SSSR count). The van der Waals surface area contributed by atoms with Crippen LogP contribution < -0.4 is 11.1 Å². The van der Waals surface area contributed by atoms with Crippen LogP contribution in [0.3, 0.4) is 0 Å². The molecule has 1 amide bonds. The number of rotatable bonds is 2. The van der Waals surface area contributed by atoms with Gasteiger partial charge in [0.15, 0.2) is 0 Å². The molecule has 0 atom stereocenters. The number of benzene rings is 1. The third kappa shape index (κ3) is 2.78. The Bertz CT molecular complexity index is 522. The number of hydrogen-bond acceptors (Lipinski definition) is 3. The molecule has 0 aliphatic carbocycles. The summed E-state index contributed by atoms with van der Waals surface area (Å²) in [6.45, 7) is 0. The first-order valence-corrected chi connectivity index (χ1v) is 4.92. The zero-order chi connectivity index (χ0) is 12.3. The number of hydrogen-bond donors (Lipinski definition) is 2. The van der Waals surface area contributed by atoms with Gasteiger partial charge in [-0.2, -0.15) is 0 Å². The standard InChI is InChI=1S/C12H10FN3O/c13-9-5-8(6-10(14)7-9)12(17)16-11-1-3-15-4-2-11/h1-7H,14H2,(H,15,16,17). The zero-order valence-corrected chi connectivity index (χ0v) is 8.85. The van der Waals surface area contributed by atoms with Gasteiger partial charge in [0.2, 0.25) is 0 Å². The Morgan fingerprint density at radius 1 is 1.24 bits per heavy atom. The van der Waals surface area contributed by atoms with Crippen LogP contribution in [0.25, 0.3) is 0 Å². The molecule has 0 saturated carbocycles. The molecule has 1 heterocycles. The summed E-state index contributed by atoms with van der Waals surface area (Å²) in [5.74, 6) is -0.952. The van der Waals surface area contributed by atoms with Gasteiger partial charge in [-0.05, 0) is 30.3 Å². The van der Waals surface area contributed by atoms with Crippen molar-refractivity contribution in [2.45, 2.75) is 0 Å². The summed E-state index contributed by atoms with van der Waals surface area (Å²) in [6, 6.07) is 6.98. The molecule has 0 unspecified atom stereocenters. The van der Waals surface area contributed by atoms with Gasteiger partial charge in [0.1, 0.15) is 5.82 Å². The number of nitrogen functional groups attached to an aromatic ring is 1. The summed E-state index contributed by atoms with van der Waals surface area (Å²) in [6.07, 6.45) is 3.10. The van der Waals surface area contributed by atoms with Crippen molar-refractivity contribution in [3.63, 3.8) is 0 Å². The molecule has 0 bridgehead atoms. The number of nitrogens with one attached hydrogen (secondary N) is 1. The van der Waals surface area contributed by atoms with E-state index in [1.807, 2.05) is 0 Å². The second-order valence-corrected chi connectivity index (χ2v) is 3.46. The Morgan fingerprint density at radius 2 is 1.94 bits per heavy atom. The second kappa shape index (κ2) is 4.61. The van der Waals surface area contributed by atoms with E-state index in [1.165, 1.54) is 6.07 Å². The van der Waals surface area contributed by atoms with Crippen molar-refractivity contribution in [3.8, 4) is 0 Å². The summed E-state index contributed by atoms with van der Waals surface area (Å²) in [5.41, 5.74) is 6.44. The van der Waals surface area contributed by atoms with E-state index < -0.39 is 11.7 Å². The third-order valence-corrected chi connectivity index (χ3v) is 2.12. The number of nitrogens with zero attached hydrogens (tertiary/aromatic N) is 1. The van der Waals surface area contributed by atoms with Gasteiger partial charge in [-0.1, -0.05) is 0 Å². The minimum absolute atomic E-state index is 0.180. The van der Waals surface area contributed by atoms with Crippen LogP contribution >= 0.6 is 0 Å². The Kier molecular flexibility index (Phi) is 3.00. The van der Waals surface area contributed by atoms with Crippen LogP contribution in [0, 0.1) is 5.82 Å². The lowest BCUT2D eigenvalue weighted by Crippen LogP contribution is -2.12. The highest BCUT2D eigenvalue weighted by Crippen LogP contribution is 2.13. The summed E-state index contributed by atoms with van der Waals surface area (Å²) in [4.78, 5) is 15.6. The smallest absolute Gasteiger partial charge is 0.255 e. The van der Waals surface area contributed by atoms with E-state index in [0.717, 1.165) is 12.1 Å². The molecular weight excluding hydrogens is 221 g/mol. The van der Waals surface area contributed by atoms with Crippen LogP contribution in [0.4, 0.5) is 15.8 Å². The molecule has 86 valence electrons. The largest absolute Gasteiger partial charge is 0.399 e. The van der Waals surface area contributed by atoms with Crippen molar-refractivity contribution in [3.05, 3.63) is 54.1 Å². The van der Waals surface area contributed by atoms with E-state index >= 15 is 0 Å². The van der Waals surface area contributed by atoms with Crippen LogP contribution in [0.5, 0.6) is 0 Å². The average Bonchev–Trinajstić information content (AvgIpc) is 2.29. The highest BCUT2D eigenvalue weighted by Gasteiger charge is 2.08. The Labute approximate surface area is 97.3 Å². The van der Waals surface area contributed by atoms with Gasteiger partial charge >= 0.3 is 0 Å². The number of anilines is 2. The molecule has 0 saturated heterocycles. The first-order chi connectivity index (χ1) is 8.15. The van der Waals surface area contributed by atoms with E-state index in [9.17, 15) is 9.18 Å². The van der Waals surface area contributed by atoms with Crippen molar-refractivity contribution in [2.24, 2.45) is 0 Å². The van der Waals surface area contributed by atoms with Crippen molar-refractivity contribution in [1.29, 1.82) is 0 Å². The lowest BCUT2D eigenvalue weighted by molar-refractivity contribution is 0.102. The van der Waals surface area contributed by atoms with E-state index in [0.29, 0.717) is 5.69 Å². The molecule has 5 heteroatoms. The predicted molar refractivity (Wildman–Crippen MR) is 63.0 cm³/mol. The van der Waals surface area contributed by atoms with E-state index in [-0.39, 0.29) is 11.3 Å². The molecule has 4 nitrogen and oxygen atoms in total. The normalized spacial score (nSPS) is 9.94. The molecule has 0 fully saturated rings. The van der Waals surface area contributed by atoms with Gasteiger partial charge in [-0.25, -0.2) is 4.39 Å². The van der Waals surface area contributed by atoms with Gasteiger partial charge in [-0.3, -0.25) is 9.78 Å². The van der Waals surface area contributed by atoms with Gasteiger partial charge in [0.05, 0.1) is 0 Å². The quantitative estimate of drug-likeness (QED) is 0.777. The minimum Gasteiger partial charge on any atom is -0.399 e. The van der Waals surface area contributed by atoms with Crippen LogP contribution in [-0.4, -0.2) is 10.9 Å². The maximum atomic E-state index is 13.1. The third-order valence-electron chi connectivity index (χ3n) is 2.12. The number of amides is 1. The number of aromatic nitrogens is 1. The molecule has 1 aromatic carbocycles. The fourth-order valence-corrected chi connectivity index (χ4v) is 1.38. The van der Waals surface area contributed by atoms with Gasteiger partial charge < -0.3 is 11.1 Å². The first kappa shape index (κ1) is 11.1. The molecule has 17 heavy (non-hydrogen) atoms. The summed E-state index contributed by atoms with van der Waals surface area (Å²) in [7, 11) is 0. The fourth-order valence-electron chi connectivity index (χ4n) is 1.38. The molecule has 0 spiro atoms. The number of carbonyl (C=O) groups is 1. The SMILES string of the molecule is Nc1cc(F)cc(C(=O)Nc2ccncc2)c1. The second-order valence-electron chi connectivity index (χ2n) is 3.46. The van der Waals surface area contributed by atoms with Gasteiger partial charge in [-0.15, -0.1) is 0 Å². The van der Waals surface area contributed by atoms with Crippen molar-refractivity contribution in [1.82, 2.24) is 4.98 Å². The molecule has 3 N–H and O–H groups in total. The molecule has 1 aromatic heterocycles. The van der Waals surface area contributed by atoms with Crippen molar-refractivity contribution in [2.75, 3.05) is 11.1 Å². The summed E-state index contributed by atoms with van der Waals surface area (Å²) >= 11 is 0. The maximum absolute atomic E-state index is 13.1. The Morgan fingerprint density at radius 3 is 2.59 bits per heavy atom. The number of halogens is 1. The lowest BCUT2D eigenvalue weighted by atomic mass is 10.2. The minimum atomic E-state index is -0.537. The lowest BCUT2D eigenvalue weighted by Gasteiger charge is -2.05. The molecular formula is C12H10FN3O. The van der Waals surface area contributed by atoms with Crippen LogP contribution in [-0.2, 0) is 0 Å². The van der Waals surface area contributed by atoms with E-state index in [2.05, 4.69) is 10.3 Å². The number of nitrogens with two attached hydrogens (primary N) is 1. The Hall–Kier alpha value is -2.43. The van der Waals surface area contributed by atoms with Gasteiger partial charge in [0.25, 0.3) is 5.91 Å². The number of pyridine rings is 1. The van der Waals surface area contributed by atoms with Crippen LogP contribution in [0.15, 0.2) is 42.7 Å². The van der Waals surface area contributed by atoms with E-state index in [1.54, 1.807) is 24.5 Å². The zero-order valence-electron chi connectivity index (χ0n) is 8.85. The monoisotopic (exact) mass is 231 g/mol. The molecule has 2 aromatic rings. The summed E-state index contributed by atoms with van der Waals surface area (Å²) in [5, 5.41) is 2.61. The Balaban J connectivity index is 2.20. The number of carbonyl (C=O) groups excluding carboxylic acids is 1. The fraction of sp³-hybridized carbons (Fsp3) is 0. The molecule has 0 aliphatic heterocycles. The van der Waals surface area contributed by atoms with Crippen molar-refractivity contribution < 1.29 is 9.18 Å².